The zero-order valence-electron chi connectivity index (χ0n) is 20.3. The number of nitrogens with zero attached hydrogens (tertiary/aromatic N) is 6. The van der Waals surface area contributed by atoms with E-state index in [1.54, 1.807) is 18.0 Å². The monoisotopic (exact) mass is 481 g/mol. The molecule has 0 saturated carbocycles. The Morgan fingerprint density at radius 3 is 2.64 bits per heavy atom. The molecule has 3 aromatic heterocycles. The number of methoxy groups -OCH3 is 1. The van der Waals surface area contributed by atoms with Crippen LogP contribution in [-0.2, 0) is 26.2 Å². The minimum Gasteiger partial charge on any atom is -0.497 e. The first-order valence-electron chi connectivity index (χ1n) is 11.7. The van der Waals surface area contributed by atoms with Crippen LogP contribution in [-0.4, -0.2) is 42.2 Å². The lowest BCUT2D eigenvalue weighted by molar-refractivity contribution is 0.235. The molecule has 0 saturated heterocycles. The molecule has 0 aliphatic carbocycles. The first kappa shape index (κ1) is 23.4. The van der Waals surface area contributed by atoms with Crippen molar-refractivity contribution in [3.8, 4) is 5.75 Å². The van der Waals surface area contributed by atoms with Gasteiger partial charge in [0, 0.05) is 31.0 Å². The minimum atomic E-state index is -0.0918. The molecular formula is C27H27N7O2. The average molecular weight is 482 g/mol. The van der Waals surface area contributed by atoms with Crippen LogP contribution in [0.1, 0.15) is 28.1 Å². The van der Waals surface area contributed by atoms with Crippen LogP contribution in [0, 0.1) is 6.92 Å². The molecule has 0 amide bonds. The Bertz CT molecular complexity index is 1510. The molecule has 2 aromatic carbocycles. The van der Waals surface area contributed by atoms with Gasteiger partial charge in [-0.25, -0.2) is 4.68 Å². The Hall–Kier alpha value is -4.37. The number of pyridine rings is 2. The summed E-state index contributed by atoms with van der Waals surface area (Å²) in [4.78, 5) is 22.4. The first-order valence-corrected chi connectivity index (χ1v) is 11.7. The topological polar surface area (TPSA) is 102 Å². The van der Waals surface area contributed by atoms with E-state index in [9.17, 15) is 4.79 Å². The van der Waals surface area contributed by atoms with Gasteiger partial charge in [-0.1, -0.05) is 36.4 Å². The molecule has 36 heavy (non-hydrogen) atoms. The van der Waals surface area contributed by atoms with Crippen LogP contribution in [0.5, 0.6) is 5.75 Å². The highest BCUT2D eigenvalue weighted by Crippen LogP contribution is 2.18. The van der Waals surface area contributed by atoms with E-state index in [4.69, 9.17) is 4.74 Å². The van der Waals surface area contributed by atoms with Gasteiger partial charge >= 0.3 is 0 Å². The van der Waals surface area contributed by atoms with Crippen LogP contribution in [0.25, 0.3) is 10.9 Å². The minimum absolute atomic E-state index is 0.0918. The molecule has 0 unspecified atom stereocenters. The second kappa shape index (κ2) is 10.5. The fourth-order valence-corrected chi connectivity index (χ4v) is 4.27. The second-order valence-corrected chi connectivity index (χ2v) is 8.77. The Morgan fingerprint density at radius 2 is 1.86 bits per heavy atom. The maximum atomic E-state index is 13.0. The number of nitrogens with one attached hydrogen (secondary N) is 1. The van der Waals surface area contributed by atoms with E-state index < -0.39 is 0 Å². The molecule has 5 aromatic rings. The van der Waals surface area contributed by atoms with Gasteiger partial charge in [-0.05, 0) is 63.7 Å². The van der Waals surface area contributed by atoms with Crippen molar-refractivity contribution in [2.45, 2.75) is 33.1 Å². The number of ether oxygens (including phenoxy) is 1. The normalized spacial score (nSPS) is 11.3. The number of aromatic amines is 1. The van der Waals surface area contributed by atoms with E-state index in [0.717, 1.165) is 33.3 Å². The third-order valence-electron chi connectivity index (χ3n) is 6.15. The maximum Gasteiger partial charge on any atom is 0.252 e. The fourth-order valence-electron chi connectivity index (χ4n) is 4.27. The predicted octanol–water partition coefficient (Wildman–Crippen LogP) is 3.48. The SMILES string of the molecule is COc1ccc(Cn2nnnc2CN(Cc2cccnc2)Cc2cc3cccc(C)c3[nH]c2=O)cc1. The van der Waals surface area contributed by atoms with Gasteiger partial charge in [-0.2, -0.15) is 0 Å². The second-order valence-electron chi connectivity index (χ2n) is 8.77. The number of benzene rings is 2. The zero-order chi connectivity index (χ0) is 24.9. The summed E-state index contributed by atoms with van der Waals surface area (Å²) in [6.07, 6.45) is 3.58. The van der Waals surface area contributed by atoms with E-state index in [-0.39, 0.29) is 5.56 Å². The molecule has 9 heteroatoms. The van der Waals surface area contributed by atoms with Crippen LogP contribution < -0.4 is 10.3 Å². The quantitative estimate of drug-likeness (QED) is 0.344. The fraction of sp³-hybridized carbons (Fsp3) is 0.222. The molecule has 5 rings (SSSR count). The predicted molar refractivity (Wildman–Crippen MR) is 136 cm³/mol. The molecule has 0 aliphatic rings. The molecule has 9 nitrogen and oxygen atoms in total. The van der Waals surface area contributed by atoms with Crippen LogP contribution in [0.3, 0.4) is 0 Å². The average Bonchev–Trinajstić information content (AvgIpc) is 3.32. The lowest BCUT2D eigenvalue weighted by atomic mass is 10.1. The summed E-state index contributed by atoms with van der Waals surface area (Å²) in [6, 6.07) is 19.7. The van der Waals surface area contributed by atoms with Gasteiger partial charge in [-0.3, -0.25) is 14.7 Å². The third kappa shape index (κ3) is 5.31. The van der Waals surface area contributed by atoms with Gasteiger partial charge in [0.1, 0.15) is 5.75 Å². The zero-order valence-corrected chi connectivity index (χ0v) is 20.3. The summed E-state index contributed by atoms with van der Waals surface area (Å²) in [5.74, 6) is 1.51. The summed E-state index contributed by atoms with van der Waals surface area (Å²) >= 11 is 0. The Labute approximate surface area is 208 Å². The lowest BCUT2D eigenvalue weighted by Crippen LogP contribution is -2.28. The van der Waals surface area contributed by atoms with Crippen molar-refractivity contribution in [2.24, 2.45) is 0 Å². The first-order chi connectivity index (χ1) is 17.6. The molecule has 0 radical (unpaired) electrons. The van der Waals surface area contributed by atoms with Crippen molar-refractivity contribution in [2.75, 3.05) is 7.11 Å². The van der Waals surface area contributed by atoms with E-state index in [2.05, 4.69) is 30.4 Å². The summed E-state index contributed by atoms with van der Waals surface area (Å²) in [7, 11) is 1.65. The van der Waals surface area contributed by atoms with Gasteiger partial charge in [0.2, 0.25) is 0 Å². The van der Waals surface area contributed by atoms with Gasteiger partial charge in [0.25, 0.3) is 5.56 Å². The Kier molecular flexibility index (Phi) is 6.81. The Balaban J connectivity index is 1.42. The smallest absolute Gasteiger partial charge is 0.252 e. The summed E-state index contributed by atoms with van der Waals surface area (Å²) in [5.41, 5.74) is 4.61. The molecular weight excluding hydrogens is 454 g/mol. The standard InChI is InChI=1S/C27H27N7O2/c1-19-5-3-7-22-13-23(27(35)29-26(19)22)17-33(15-21-6-4-12-28-14-21)18-25-30-31-32-34(25)16-20-8-10-24(36-2)11-9-20/h3-14H,15-18H2,1-2H3,(H,29,35). The number of para-hydroxylation sites is 1. The number of H-pyrrole nitrogens is 1. The van der Waals surface area contributed by atoms with Crippen molar-refractivity contribution in [3.63, 3.8) is 0 Å². The number of fused-ring (bicyclic) bond motifs is 1. The van der Waals surface area contributed by atoms with Gasteiger partial charge in [0.15, 0.2) is 5.82 Å². The number of rotatable bonds is 9. The van der Waals surface area contributed by atoms with Gasteiger partial charge in [0.05, 0.1) is 25.7 Å². The molecule has 3 heterocycles. The number of aromatic nitrogens is 6. The van der Waals surface area contributed by atoms with Crippen LogP contribution in [0.2, 0.25) is 0 Å². The van der Waals surface area contributed by atoms with Crippen LogP contribution >= 0.6 is 0 Å². The van der Waals surface area contributed by atoms with Gasteiger partial charge in [-0.15, -0.1) is 5.10 Å². The highest BCUT2D eigenvalue weighted by molar-refractivity contribution is 5.81. The molecule has 182 valence electrons. The van der Waals surface area contributed by atoms with Crippen LogP contribution in [0.4, 0.5) is 0 Å². The van der Waals surface area contributed by atoms with Crippen molar-refractivity contribution in [3.05, 3.63) is 111 Å². The van der Waals surface area contributed by atoms with Crippen LogP contribution in [0.15, 0.2) is 77.9 Å². The van der Waals surface area contributed by atoms with Gasteiger partial charge < -0.3 is 9.72 Å². The summed E-state index contributed by atoms with van der Waals surface area (Å²) < 4.78 is 7.03. The number of hydrogen-bond donors (Lipinski definition) is 1. The summed E-state index contributed by atoms with van der Waals surface area (Å²) in [6.45, 7) is 4.01. The molecule has 0 aliphatic heterocycles. The highest BCUT2D eigenvalue weighted by Gasteiger charge is 2.16. The van der Waals surface area contributed by atoms with E-state index in [1.165, 1.54) is 0 Å². The lowest BCUT2D eigenvalue weighted by Gasteiger charge is -2.22. The molecule has 0 spiro atoms. The maximum absolute atomic E-state index is 13.0. The largest absolute Gasteiger partial charge is 0.497 e. The number of tetrazole rings is 1. The molecule has 0 fully saturated rings. The number of aryl methyl sites for hydroxylation is 1. The van der Waals surface area contributed by atoms with Crippen molar-refractivity contribution in [1.29, 1.82) is 0 Å². The van der Waals surface area contributed by atoms with Crippen molar-refractivity contribution >= 4 is 10.9 Å². The van der Waals surface area contributed by atoms with Crippen molar-refractivity contribution < 1.29 is 4.74 Å². The van der Waals surface area contributed by atoms with E-state index in [1.807, 2.05) is 73.8 Å². The Morgan fingerprint density at radius 1 is 1.00 bits per heavy atom. The van der Waals surface area contributed by atoms with Crippen molar-refractivity contribution in [1.82, 2.24) is 35.1 Å². The third-order valence-corrected chi connectivity index (χ3v) is 6.15. The summed E-state index contributed by atoms with van der Waals surface area (Å²) in [5, 5.41) is 13.4. The highest BCUT2D eigenvalue weighted by atomic mass is 16.5. The molecule has 0 atom stereocenters. The number of hydrogen-bond acceptors (Lipinski definition) is 7. The molecule has 0 bridgehead atoms. The van der Waals surface area contributed by atoms with E-state index in [0.29, 0.717) is 37.6 Å². The molecule has 1 N–H and O–H groups in total. The van der Waals surface area contributed by atoms with E-state index >= 15 is 0 Å².